The van der Waals surface area contributed by atoms with Gasteiger partial charge in [0.05, 0.1) is 11.4 Å². The minimum absolute atomic E-state index is 0.0643. The number of fused-ring (bicyclic) bond motifs is 1. The Morgan fingerprint density at radius 3 is 2.47 bits per heavy atom. The second-order valence-corrected chi connectivity index (χ2v) is 11.8. The number of amides is 1. The van der Waals surface area contributed by atoms with E-state index < -0.39 is 32.4 Å². The monoisotopic (exact) mass is 615 g/mol. The predicted molar refractivity (Wildman–Crippen MR) is 136 cm³/mol. The van der Waals surface area contributed by atoms with Gasteiger partial charge >= 0.3 is 10.2 Å². The van der Waals surface area contributed by atoms with Gasteiger partial charge in [-0.2, -0.15) is 5.10 Å². The van der Waals surface area contributed by atoms with Crippen molar-refractivity contribution in [3.63, 3.8) is 0 Å². The molecule has 3 aromatic heterocycles. The quantitative estimate of drug-likeness (QED) is 0.202. The maximum absolute atomic E-state index is 14.9. The number of anilines is 1. The summed E-state index contributed by atoms with van der Waals surface area (Å²) in [6.45, 7) is 1.51. The molecule has 0 aliphatic heterocycles. The van der Waals surface area contributed by atoms with Crippen molar-refractivity contribution >= 4 is 43.4 Å². The van der Waals surface area contributed by atoms with E-state index >= 15 is 0 Å². The first-order valence-corrected chi connectivity index (χ1v) is 13.5. The molecule has 1 N–H and O–H groups in total. The van der Waals surface area contributed by atoms with E-state index in [0.29, 0.717) is 17.0 Å². The minimum atomic E-state index is -10.1. The van der Waals surface area contributed by atoms with E-state index in [4.69, 9.17) is 0 Å². The number of benzene rings is 2. The van der Waals surface area contributed by atoms with Crippen LogP contribution in [-0.2, 0) is 0 Å². The van der Waals surface area contributed by atoms with E-state index in [1.165, 1.54) is 13.0 Å². The van der Waals surface area contributed by atoms with Crippen molar-refractivity contribution < 1.29 is 28.6 Å². The number of nitrogens with one attached hydrogen (secondary N) is 1. The van der Waals surface area contributed by atoms with Crippen LogP contribution in [0.4, 0.5) is 29.5 Å². The molecule has 0 saturated carbocycles. The number of hydrogen-bond donors (Lipinski definition) is 1. The highest BCUT2D eigenvalue weighted by Gasteiger charge is 2.65. The summed E-state index contributed by atoms with van der Waals surface area (Å²) in [5.74, 6) is -1.84. The van der Waals surface area contributed by atoms with Crippen LogP contribution in [0.1, 0.15) is 15.9 Å². The number of hydrogen-bond acceptors (Lipinski definition) is 3. The Morgan fingerprint density at radius 1 is 1.03 bits per heavy atom. The summed E-state index contributed by atoms with van der Waals surface area (Å²) in [5, 5.41) is 6.77. The molecule has 14 heteroatoms. The molecule has 6 nitrogen and oxygen atoms in total. The highest BCUT2D eigenvalue weighted by Crippen LogP contribution is 3.02. The van der Waals surface area contributed by atoms with E-state index in [-0.39, 0.29) is 27.9 Å². The lowest BCUT2D eigenvalue weighted by atomic mass is 10.1. The average molecular weight is 616 g/mol. The van der Waals surface area contributed by atoms with E-state index in [1.54, 1.807) is 46.0 Å². The number of rotatable bonds is 5. The zero-order valence-corrected chi connectivity index (χ0v) is 21.6. The van der Waals surface area contributed by atoms with Gasteiger partial charge in [0.1, 0.15) is 16.4 Å². The third kappa shape index (κ3) is 5.00. The molecule has 0 unspecified atom stereocenters. The summed E-state index contributed by atoms with van der Waals surface area (Å²) in [7, 11) is -10.1. The molecule has 0 aliphatic carbocycles. The van der Waals surface area contributed by atoms with Gasteiger partial charge in [0.25, 0.3) is 5.91 Å². The third-order valence-electron chi connectivity index (χ3n) is 5.69. The SMILES string of the molecule is Cc1c(F)cc(NC(=O)c2cc(Br)cc(S(F)(F)(F)(F)F)c2)cc1-n1ccn2nc(-c3cccnc3)cc12. The lowest BCUT2D eigenvalue weighted by molar-refractivity contribution is 0.102. The highest BCUT2D eigenvalue weighted by atomic mass is 79.9. The fourth-order valence-corrected chi connectivity index (χ4v) is 5.19. The van der Waals surface area contributed by atoms with E-state index in [9.17, 15) is 28.6 Å². The van der Waals surface area contributed by atoms with E-state index in [0.717, 1.165) is 17.7 Å². The van der Waals surface area contributed by atoms with Crippen molar-refractivity contribution in [1.82, 2.24) is 19.2 Å². The van der Waals surface area contributed by atoms with Gasteiger partial charge in [0.15, 0.2) is 0 Å². The smallest absolute Gasteiger partial charge is 0.310 e. The molecule has 0 aliphatic rings. The summed E-state index contributed by atoms with van der Waals surface area (Å²) >= 11 is 2.74. The second-order valence-electron chi connectivity index (χ2n) is 8.44. The molecule has 38 heavy (non-hydrogen) atoms. The number of carbonyl (C=O) groups is 1. The van der Waals surface area contributed by atoms with Crippen LogP contribution in [-0.4, -0.2) is 25.1 Å². The highest BCUT2D eigenvalue weighted by molar-refractivity contribution is 9.10. The van der Waals surface area contributed by atoms with Gasteiger partial charge in [0, 0.05) is 57.7 Å². The molecule has 2 aromatic carbocycles. The molecule has 0 saturated heterocycles. The fourth-order valence-electron chi connectivity index (χ4n) is 3.85. The van der Waals surface area contributed by atoms with Crippen LogP contribution in [0.25, 0.3) is 22.6 Å². The number of nitrogens with zero attached hydrogens (tertiary/aromatic N) is 4. The van der Waals surface area contributed by atoms with Crippen molar-refractivity contribution in [2.45, 2.75) is 11.8 Å². The Morgan fingerprint density at radius 2 is 1.79 bits per heavy atom. The Hall–Kier alpha value is -3.78. The second kappa shape index (κ2) is 8.11. The minimum Gasteiger partial charge on any atom is -0.322 e. The molecule has 5 rings (SSSR count). The zero-order valence-electron chi connectivity index (χ0n) is 19.2. The molecule has 3 heterocycles. The van der Waals surface area contributed by atoms with Crippen LogP contribution in [0.5, 0.6) is 0 Å². The zero-order chi connectivity index (χ0) is 27.5. The van der Waals surface area contributed by atoms with Crippen molar-refractivity contribution in [1.29, 1.82) is 0 Å². The van der Waals surface area contributed by atoms with Crippen LogP contribution < -0.4 is 5.32 Å². The average Bonchev–Trinajstić information content (AvgIpc) is 3.41. The van der Waals surface area contributed by atoms with Crippen LogP contribution in [0.2, 0.25) is 0 Å². The molecule has 0 atom stereocenters. The van der Waals surface area contributed by atoms with Crippen molar-refractivity contribution in [3.8, 4) is 16.9 Å². The first-order valence-electron chi connectivity index (χ1n) is 10.7. The van der Waals surface area contributed by atoms with Gasteiger partial charge in [-0.1, -0.05) is 35.4 Å². The van der Waals surface area contributed by atoms with Gasteiger partial charge in [-0.25, -0.2) is 8.91 Å². The lowest BCUT2D eigenvalue weighted by Crippen LogP contribution is -2.15. The summed E-state index contributed by atoms with van der Waals surface area (Å²) in [5.41, 5.74) is 1.67. The number of imidazole rings is 1. The molecule has 0 radical (unpaired) electrons. The van der Waals surface area contributed by atoms with Crippen LogP contribution in [0.3, 0.4) is 0 Å². The first-order chi connectivity index (χ1) is 17.6. The molecule has 198 valence electrons. The Labute approximate surface area is 219 Å². The number of aromatic nitrogens is 4. The van der Waals surface area contributed by atoms with Crippen LogP contribution in [0, 0.1) is 12.7 Å². The van der Waals surface area contributed by atoms with Gasteiger partial charge in [-0.15, -0.1) is 0 Å². The van der Waals surface area contributed by atoms with Crippen molar-refractivity contribution in [2.75, 3.05) is 5.32 Å². The van der Waals surface area contributed by atoms with Crippen LogP contribution >= 0.6 is 26.2 Å². The molecular formula is C24H16BrF6N5OS. The van der Waals surface area contributed by atoms with Gasteiger partial charge in [-0.3, -0.25) is 14.3 Å². The largest absolute Gasteiger partial charge is 0.322 e. The molecule has 0 spiro atoms. The van der Waals surface area contributed by atoms with Crippen molar-refractivity contribution in [2.24, 2.45) is 0 Å². The van der Waals surface area contributed by atoms with Gasteiger partial charge in [-0.05, 0) is 49.4 Å². The Kier molecular flexibility index (Phi) is 5.52. The summed E-state index contributed by atoms with van der Waals surface area (Å²) in [6, 6.07) is 8.95. The Balaban J connectivity index is 1.52. The van der Waals surface area contributed by atoms with E-state index in [2.05, 4.69) is 31.3 Å². The van der Waals surface area contributed by atoms with Crippen LogP contribution in [0.15, 0.2) is 82.7 Å². The Bertz CT molecular complexity index is 1740. The van der Waals surface area contributed by atoms with Gasteiger partial charge in [0.2, 0.25) is 0 Å². The maximum atomic E-state index is 14.9. The predicted octanol–water partition coefficient (Wildman–Crippen LogP) is 8.31. The molecule has 5 aromatic rings. The normalized spacial score (nSPS) is 13.8. The standard InChI is InChI=1S/C24H16BrF6N5OS/c1-14-20(26)10-18(33-24(37)16-7-17(25)9-19(8-16)38(27,28,29,30)31)11-22(14)35-5-6-36-23(35)12-21(34-36)15-3-2-4-32-13-15/h2-13H,1H3,(H,33,37). The number of carbonyl (C=O) groups excluding carboxylic acids is 1. The lowest BCUT2D eigenvalue weighted by Gasteiger charge is -2.40. The van der Waals surface area contributed by atoms with Gasteiger partial charge < -0.3 is 5.32 Å². The third-order valence-corrected chi connectivity index (χ3v) is 7.27. The molecule has 0 bridgehead atoms. The number of pyridine rings is 1. The molecule has 1 amide bonds. The topological polar surface area (TPSA) is 64.2 Å². The number of halogens is 7. The molecular weight excluding hydrogens is 600 g/mol. The van der Waals surface area contributed by atoms with Crippen molar-refractivity contribution in [3.05, 3.63) is 94.7 Å². The fraction of sp³-hybridized carbons (Fsp3) is 0.0417. The maximum Gasteiger partial charge on any atom is 0.310 e. The summed E-state index contributed by atoms with van der Waals surface area (Å²) < 4.78 is 84.3. The summed E-state index contributed by atoms with van der Waals surface area (Å²) in [4.78, 5) is 14.6. The summed E-state index contributed by atoms with van der Waals surface area (Å²) in [6.07, 6.45) is 6.52. The first kappa shape index (κ1) is 25.9. The van der Waals surface area contributed by atoms with E-state index in [1.807, 2.05) is 6.07 Å². The molecule has 0 fully saturated rings.